The number of nitrogens with one attached hydrogen (secondary N) is 1. The highest BCUT2D eigenvalue weighted by Gasteiger charge is 2.42. The molecule has 0 radical (unpaired) electrons. The minimum Gasteiger partial charge on any atom is -0.322 e. The van der Waals surface area contributed by atoms with Gasteiger partial charge in [0, 0.05) is 5.69 Å². The van der Waals surface area contributed by atoms with Gasteiger partial charge in [-0.1, -0.05) is 43.6 Å². The molecule has 6 nitrogen and oxygen atoms in total. The number of amides is 2. The Labute approximate surface area is 163 Å². The van der Waals surface area contributed by atoms with Crippen LogP contribution in [0.2, 0.25) is 5.02 Å². The maximum Gasteiger partial charge on any atom is 0.257 e. The second-order valence-electron chi connectivity index (χ2n) is 6.41. The van der Waals surface area contributed by atoms with E-state index in [1.54, 1.807) is 13.0 Å². The van der Waals surface area contributed by atoms with Crippen molar-refractivity contribution in [2.75, 3.05) is 15.4 Å². The van der Waals surface area contributed by atoms with Crippen LogP contribution in [0.1, 0.15) is 29.8 Å². The molecule has 0 unspecified atom stereocenters. The first-order valence-corrected chi connectivity index (χ1v) is 10.5. The standard InChI is InChI=1S/C19H19ClN2O4S/c1-3-13-6-4-5-7-17(13)21-18(23)15-9-8-14(10-16(15)20)22-19(24)12(2)11-27(22,25)26/h4-10,12H,3,11H2,1-2H3,(H,21,23)/t12-/m1/s1. The highest BCUT2D eigenvalue weighted by molar-refractivity contribution is 7.94. The van der Waals surface area contributed by atoms with Crippen LogP contribution in [0.15, 0.2) is 42.5 Å². The normalized spacial score (nSPS) is 18.6. The lowest BCUT2D eigenvalue weighted by Gasteiger charge is -2.17. The van der Waals surface area contributed by atoms with Crippen LogP contribution in [-0.2, 0) is 21.2 Å². The molecule has 2 aromatic rings. The first kappa shape index (κ1) is 19.4. The van der Waals surface area contributed by atoms with Crippen molar-refractivity contribution in [3.05, 3.63) is 58.6 Å². The van der Waals surface area contributed by atoms with Crippen molar-refractivity contribution in [2.45, 2.75) is 20.3 Å². The summed E-state index contributed by atoms with van der Waals surface area (Å²) in [4.78, 5) is 24.8. The summed E-state index contributed by atoms with van der Waals surface area (Å²) in [5.41, 5.74) is 2.01. The molecule has 1 heterocycles. The number of hydrogen-bond acceptors (Lipinski definition) is 4. The van der Waals surface area contributed by atoms with E-state index in [1.807, 2.05) is 25.1 Å². The summed E-state index contributed by atoms with van der Waals surface area (Å²) >= 11 is 6.23. The van der Waals surface area contributed by atoms with Crippen LogP contribution < -0.4 is 9.62 Å². The lowest BCUT2D eigenvalue weighted by atomic mass is 10.1. The van der Waals surface area contributed by atoms with Crippen molar-refractivity contribution in [1.29, 1.82) is 0 Å². The first-order chi connectivity index (χ1) is 12.7. The fourth-order valence-electron chi connectivity index (χ4n) is 3.04. The molecule has 142 valence electrons. The SMILES string of the molecule is CCc1ccccc1NC(=O)c1ccc(N2C(=O)[C@H](C)CS2(=O)=O)cc1Cl. The Morgan fingerprint density at radius 3 is 2.56 bits per heavy atom. The summed E-state index contributed by atoms with van der Waals surface area (Å²) in [6.07, 6.45) is 0.760. The largest absolute Gasteiger partial charge is 0.322 e. The molecule has 3 rings (SSSR count). The molecule has 0 aliphatic carbocycles. The van der Waals surface area contributed by atoms with Crippen LogP contribution in [0, 0.1) is 5.92 Å². The van der Waals surface area contributed by atoms with E-state index in [2.05, 4.69) is 5.32 Å². The zero-order chi connectivity index (χ0) is 19.8. The van der Waals surface area contributed by atoms with E-state index in [4.69, 9.17) is 11.6 Å². The second kappa shape index (κ2) is 7.32. The minimum atomic E-state index is -3.72. The molecule has 0 saturated carbocycles. The molecule has 0 aromatic heterocycles. The van der Waals surface area contributed by atoms with E-state index in [-0.39, 0.29) is 22.0 Å². The zero-order valence-electron chi connectivity index (χ0n) is 14.9. The van der Waals surface area contributed by atoms with Crippen molar-refractivity contribution in [3.63, 3.8) is 0 Å². The molecule has 1 aliphatic heterocycles. The average Bonchev–Trinajstić information content (AvgIpc) is 2.82. The molecule has 1 N–H and O–H groups in total. The molecule has 1 aliphatic rings. The van der Waals surface area contributed by atoms with Gasteiger partial charge in [-0.25, -0.2) is 12.7 Å². The molecule has 0 bridgehead atoms. The van der Waals surface area contributed by atoms with Crippen LogP contribution in [0.3, 0.4) is 0 Å². The van der Waals surface area contributed by atoms with Gasteiger partial charge in [-0.05, 0) is 36.2 Å². The first-order valence-electron chi connectivity index (χ1n) is 8.50. The number of carbonyl (C=O) groups is 2. The van der Waals surface area contributed by atoms with E-state index in [9.17, 15) is 18.0 Å². The molecule has 2 amide bonds. The van der Waals surface area contributed by atoms with Crippen molar-refractivity contribution < 1.29 is 18.0 Å². The van der Waals surface area contributed by atoms with E-state index in [0.717, 1.165) is 16.3 Å². The molecular weight excluding hydrogens is 388 g/mol. The maximum atomic E-state index is 12.6. The number of sulfonamides is 1. The van der Waals surface area contributed by atoms with E-state index >= 15 is 0 Å². The lowest BCUT2D eigenvalue weighted by molar-refractivity contribution is -0.119. The van der Waals surface area contributed by atoms with Gasteiger partial charge < -0.3 is 5.32 Å². The Bertz CT molecular complexity index is 1020. The molecular formula is C19H19ClN2O4S. The summed E-state index contributed by atoms with van der Waals surface area (Å²) in [5.74, 6) is -1.75. The summed E-state index contributed by atoms with van der Waals surface area (Å²) in [7, 11) is -3.72. The van der Waals surface area contributed by atoms with Gasteiger partial charge in [-0.15, -0.1) is 0 Å². The quantitative estimate of drug-likeness (QED) is 0.842. The van der Waals surface area contributed by atoms with E-state index in [1.165, 1.54) is 18.2 Å². The summed E-state index contributed by atoms with van der Waals surface area (Å²) in [6.45, 7) is 3.55. The van der Waals surface area contributed by atoms with E-state index < -0.39 is 27.8 Å². The number of carbonyl (C=O) groups excluding carboxylic acids is 2. The third-order valence-electron chi connectivity index (χ3n) is 4.44. The monoisotopic (exact) mass is 406 g/mol. The topological polar surface area (TPSA) is 83.6 Å². The average molecular weight is 407 g/mol. The van der Waals surface area contributed by atoms with Crippen molar-refractivity contribution in [2.24, 2.45) is 5.92 Å². The summed E-state index contributed by atoms with van der Waals surface area (Å²) in [5, 5.41) is 2.89. The smallest absolute Gasteiger partial charge is 0.257 e. The third kappa shape index (κ3) is 3.70. The molecule has 1 fully saturated rings. The zero-order valence-corrected chi connectivity index (χ0v) is 16.5. The number of aryl methyl sites for hydroxylation is 1. The predicted octanol–water partition coefficient (Wildman–Crippen LogP) is 3.47. The van der Waals surface area contributed by atoms with Gasteiger partial charge in [0.1, 0.15) is 0 Å². The van der Waals surface area contributed by atoms with Gasteiger partial charge in [0.25, 0.3) is 5.91 Å². The van der Waals surface area contributed by atoms with Crippen LogP contribution in [0.4, 0.5) is 11.4 Å². The van der Waals surface area contributed by atoms with E-state index in [0.29, 0.717) is 5.69 Å². The van der Waals surface area contributed by atoms with Crippen LogP contribution in [0.25, 0.3) is 0 Å². The number of rotatable bonds is 4. The fourth-order valence-corrected chi connectivity index (χ4v) is 5.11. The van der Waals surface area contributed by atoms with Gasteiger partial charge in [0.05, 0.1) is 27.9 Å². The summed E-state index contributed by atoms with van der Waals surface area (Å²) in [6, 6.07) is 11.6. The van der Waals surface area contributed by atoms with Gasteiger partial charge >= 0.3 is 0 Å². The molecule has 1 saturated heterocycles. The minimum absolute atomic E-state index is 0.0709. The van der Waals surface area contributed by atoms with Crippen molar-refractivity contribution in [1.82, 2.24) is 0 Å². The molecule has 27 heavy (non-hydrogen) atoms. The van der Waals surface area contributed by atoms with Crippen LogP contribution in [0.5, 0.6) is 0 Å². The Morgan fingerprint density at radius 2 is 1.96 bits per heavy atom. The van der Waals surface area contributed by atoms with Gasteiger partial charge in [0.15, 0.2) is 0 Å². The molecule has 1 atom stereocenters. The lowest BCUT2D eigenvalue weighted by Crippen LogP contribution is -2.30. The fraction of sp³-hybridized carbons (Fsp3) is 0.263. The van der Waals surface area contributed by atoms with Crippen molar-refractivity contribution in [3.8, 4) is 0 Å². The van der Waals surface area contributed by atoms with Crippen LogP contribution in [-0.4, -0.2) is 26.0 Å². The number of halogens is 1. The molecule has 2 aromatic carbocycles. The number of benzene rings is 2. The number of nitrogens with zero attached hydrogens (tertiary/aromatic N) is 1. The number of para-hydroxylation sites is 1. The Balaban J connectivity index is 1.89. The number of hydrogen-bond donors (Lipinski definition) is 1. The Morgan fingerprint density at radius 1 is 1.26 bits per heavy atom. The predicted molar refractivity (Wildman–Crippen MR) is 106 cm³/mol. The summed E-state index contributed by atoms with van der Waals surface area (Å²) < 4.78 is 25.2. The third-order valence-corrected chi connectivity index (χ3v) is 6.62. The van der Waals surface area contributed by atoms with Crippen LogP contribution >= 0.6 is 11.6 Å². The van der Waals surface area contributed by atoms with Gasteiger partial charge in [-0.3, -0.25) is 9.59 Å². The van der Waals surface area contributed by atoms with Gasteiger partial charge in [-0.2, -0.15) is 0 Å². The van der Waals surface area contributed by atoms with Crippen molar-refractivity contribution >= 4 is 44.8 Å². The number of anilines is 2. The maximum absolute atomic E-state index is 12.6. The molecule has 8 heteroatoms. The Kier molecular flexibility index (Phi) is 5.26. The Hall–Kier alpha value is -2.38. The highest BCUT2D eigenvalue weighted by Crippen LogP contribution is 2.31. The second-order valence-corrected chi connectivity index (χ2v) is 8.68. The highest BCUT2D eigenvalue weighted by atomic mass is 35.5. The van der Waals surface area contributed by atoms with Gasteiger partial charge in [0.2, 0.25) is 15.9 Å². The molecule has 0 spiro atoms.